The van der Waals surface area contributed by atoms with E-state index in [1.165, 1.54) is 30.4 Å². The Morgan fingerprint density at radius 3 is 2.02 bits per heavy atom. The third-order valence-electron chi connectivity index (χ3n) is 9.34. The van der Waals surface area contributed by atoms with E-state index in [0.29, 0.717) is 10.9 Å². The minimum Gasteiger partial charge on any atom is -0.232 e. The molecule has 6 heteroatoms. The van der Waals surface area contributed by atoms with Gasteiger partial charge in [0, 0.05) is 61.9 Å². The number of aryl methyl sites for hydroxylation is 1. The average Bonchev–Trinajstić information content (AvgIpc) is 3.68. The standard InChI is InChI=1S/C43H29ClN2S3/c1-25-11-8-15-26(39(25)28-12-2-5-19-34(28)47)32-17-10-18-33(27-16-9-22-37-40(27)29-13-3-6-20-35(29)48-37)46-43(45-32)31-23-24-38-41(42(31)44)30-14-4-7-21-36(30)49-38/h2-9,11-17,19-24,47H,10,18H2,1H3/b32-17-,45-43-,46-33-. The maximum atomic E-state index is 7.43. The molecule has 0 bridgehead atoms. The molecule has 6 aromatic carbocycles. The zero-order valence-corrected chi connectivity index (χ0v) is 29.9. The monoisotopic (exact) mass is 704 g/mol. The maximum absolute atomic E-state index is 7.43. The molecule has 0 radical (unpaired) electrons. The Balaban J connectivity index is 1.31. The Hall–Kier alpha value is -4.52. The van der Waals surface area contributed by atoms with Crippen LogP contribution in [0, 0.1) is 6.92 Å². The van der Waals surface area contributed by atoms with Crippen LogP contribution in [0.5, 0.6) is 0 Å². The normalized spacial score (nSPS) is 17.0. The Morgan fingerprint density at radius 2 is 1.22 bits per heavy atom. The summed E-state index contributed by atoms with van der Waals surface area (Å²) in [5.74, 6) is 0.617. The van der Waals surface area contributed by atoms with Crippen LogP contribution in [0.3, 0.4) is 0 Å². The van der Waals surface area contributed by atoms with Gasteiger partial charge in [-0.15, -0.1) is 35.3 Å². The Kier molecular flexibility index (Phi) is 7.74. The lowest BCUT2D eigenvalue weighted by atomic mass is 9.92. The van der Waals surface area contributed by atoms with Crippen molar-refractivity contribution in [3.8, 4) is 11.1 Å². The summed E-state index contributed by atoms with van der Waals surface area (Å²) in [5, 5.41) is 5.40. The molecule has 236 valence electrons. The predicted octanol–water partition coefficient (Wildman–Crippen LogP) is 13.4. The molecule has 1 aliphatic heterocycles. The summed E-state index contributed by atoms with van der Waals surface area (Å²) in [7, 11) is 0. The molecule has 0 fully saturated rings. The van der Waals surface area contributed by atoms with Crippen molar-refractivity contribution < 1.29 is 0 Å². The molecule has 9 rings (SSSR count). The van der Waals surface area contributed by atoms with Crippen molar-refractivity contribution in [2.75, 3.05) is 0 Å². The van der Waals surface area contributed by atoms with Crippen LogP contribution in [0.1, 0.15) is 35.1 Å². The van der Waals surface area contributed by atoms with Crippen LogP contribution in [-0.2, 0) is 0 Å². The van der Waals surface area contributed by atoms with Crippen LogP contribution in [0.25, 0.3) is 57.2 Å². The molecule has 0 amide bonds. The van der Waals surface area contributed by atoms with E-state index in [1.54, 1.807) is 11.3 Å². The third-order valence-corrected chi connectivity index (χ3v) is 12.4. The minimum atomic E-state index is 0.617. The lowest BCUT2D eigenvalue weighted by Gasteiger charge is -2.18. The summed E-state index contributed by atoms with van der Waals surface area (Å²) in [6.07, 6.45) is 3.82. The van der Waals surface area contributed by atoms with Gasteiger partial charge in [0.1, 0.15) is 0 Å². The van der Waals surface area contributed by atoms with Crippen molar-refractivity contribution in [3.63, 3.8) is 0 Å². The number of allylic oxidation sites excluding steroid dienone is 1. The zero-order valence-electron chi connectivity index (χ0n) is 26.6. The predicted molar refractivity (Wildman–Crippen MR) is 218 cm³/mol. The number of fused-ring (bicyclic) bond motifs is 6. The van der Waals surface area contributed by atoms with Crippen molar-refractivity contribution >= 4 is 104 Å². The maximum Gasteiger partial charge on any atom is 0.161 e. The van der Waals surface area contributed by atoms with Crippen LogP contribution >= 0.6 is 46.9 Å². The highest BCUT2D eigenvalue weighted by Gasteiger charge is 2.22. The average molecular weight is 705 g/mol. The van der Waals surface area contributed by atoms with Gasteiger partial charge < -0.3 is 0 Å². The van der Waals surface area contributed by atoms with E-state index in [-0.39, 0.29) is 0 Å². The number of benzene rings is 6. The number of amidine groups is 1. The molecule has 1 aliphatic rings. The first-order valence-electron chi connectivity index (χ1n) is 16.3. The van der Waals surface area contributed by atoms with Crippen molar-refractivity contribution in [1.82, 2.24) is 0 Å². The van der Waals surface area contributed by atoms with Gasteiger partial charge in [0.25, 0.3) is 0 Å². The molecule has 0 N–H and O–H groups in total. The largest absolute Gasteiger partial charge is 0.232 e. The first kappa shape index (κ1) is 30.5. The Labute approximate surface area is 303 Å². The fraction of sp³-hybridized carbons (Fsp3) is 0.0698. The van der Waals surface area contributed by atoms with Crippen LogP contribution in [-0.4, -0.2) is 11.5 Å². The van der Waals surface area contributed by atoms with E-state index < -0.39 is 0 Å². The molecular weight excluding hydrogens is 676 g/mol. The van der Waals surface area contributed by atoms with E-state index in [0.717, 1.165) is 72.4 Å². The molecule has 49 heavy (non-hydrogen) atoms. The second kappa shape index (κ2) is 12.4. The van der Waals surface area contributed by atoms with Gasteiger partial charge in [-0.3, -0.25) is 0 Å². The second-order valence-electron chi connectivity index (χ2n) is 12.3. The van der Waals surface area contributed by atoms with Gasteiger partial charge in [-0.25, -0.2) is 9.98 Å². The molecule has 0 atom stereocenters. The molecule has 0 saturated heterocycles. The van der Waals surface area contributed by atoms with Gasteiger partial charge >= 0.3 is 0 Å². The molecule has 0 saturated carbocycles. The number of rotatable bonds is 4. The van der Waals surface area contributed by atoms with Crippen LogP contribution in [0.4, 0.5) is 0 Å². The van der Waals surface area contributed by atoms with Gasteiger partial charge in [0.05, 0.1) is 16.4 Å². The van der Waals surface area contributed by atoms with E-state index in [9.17, 15) is 0 Å². The van der Waals surface area contributed by atoms with E-state index >= 15 is 0 Å². The van der Waals surface area contributed by atoms with Crippen LogP contribution < -0.4 is 0 Å². The smallest absolute Gasteiger partial charge is 0.161 e. The highest BCUT2D eigenvalue weighted by molar-refractivity contribution is 7.80. The number of thiophene rings is 2. The second-order valence-corrected chi connectivity index (χ2v) is 15.3. The lowest BCUT2D eigenvalue weighted by molar-refractivity contribution is 1.09. The zero-order chi connectivity index (χ0) is 33.1. The summed E-state index contributed by atoms with van der Waals surface area (Å²) in [4.78, 5) is 11.9. The summed E-state index contributed by atoms with van der Waals surface area (Å²) in [5.41, 5.74) is 8.32. The fourth-order valence-corrected chi connectivity index (χ4v) is 10.0. The summed E-state index contributed by atoms with van der Waals surface area (Å²) in [6, 6.07) is 42.7. The molecular formula is C43H29ClN2S3. The quantitative estimate of drug-likeness (QED) is 0.176. The minimum absolute atomic E-state index is 0.617. The molecule has 8 aromatic rings. The van der Waals surface area contributed by atoms with E-state index in [1.807, 2.05) is 23.5 Å². The SMILES string of the molecule is Cc1cccc(C2=C/CC/C(c3cccc4sc5ccccc5c34)=N/C(c3ccc4sc5ccccc5c4c3Cl)=N\2)c1-c1ccccc1S. The number of aliphatic imine (C=N–C) groups is 2. The topological polar surface area (TPSA) is 24.7 Å². The number of nitrogens with zero attached hydrogens (tertiary/aromatic N) is 2. The first-order valence-corrected chi connectivity index (χ1v) is 18.8. The summed E-state index contributed by atoms with van der Waals surface area (Å²) >= 11 is 15.9. The van der Waals surface area contributed by atoms with E-state index in [2.05, 4.69) is 122 Å². The summed E-state index contributed by atoms with van der Waals surface area (Å²) in [6.45, 7) is 2.15. The third kappa shape index (κ3) is 5.24. The van der Waals surface area contributed by atoms with Gasteiger partial charge in [-0.05, 0) is 72.9 Å². The molecule has 0 aliphatic carbocycles. The number of thiol groups is 1. The van der Waals surface area contributed by atoms with Gasteiger partial charge in [-0.1, -0.05) is 103 Å². The fourth-order valence-electron chi connectivity index (χ4n) is 7.09. The van der Waals surface area contributed by atoms with Crippen LogP contribution in [0.2, 0.25) is 5.02 Å². The molecule has 2 nitrogen and oxygen atoms in total. The summed E-state index contributed by atoms with van der Waals surface area (Å²) < 4.78 is 4.91. The van der Waals surface area contributed by atoms with Crippen molar-refractivity contribution in [2.24, 2.45) is 9.98 Å². The van der Waals surface area contributed by atoms with E-state index in [4.69, 9.17) is 34.2 Å². The molecule has 2 aromatic heterocycles. The van der Waals surface area contributed by atoms with Crippen molar-refractivity contribution in [3.05, 3.63) is 155 Å². The highest BCUT2D eigenvalue weighted by atomic mass is 35.5. The van der Waals surface area contributed by atoms with Crippen molar-refractivity contribution in [1.29, 1.82) is 0 Å². The Morgan fingerprint density at radius 1 is 0.592 bits per heavy atom. The van der Waals surface area contributed by atoms with Crippen LogP contribution in [0.15, 0.2) is 142 Å². The molecule has 3 heterocycles. The number of halogens is 1. The highest BCUT2D eigenvalue weighted by Crippen LogP contribution is 2.42. The molecule has 0 unspecified atom stereocenters. The molecule has 0 spiro atoms. The van der Waals surface area contributed by atoms with Gasteiger partial charge in [-0.2, -0.15) is 0 Å². The lowest BCUT2D eigenvalue weighted by Crippen LogP contribution is -2.10. The van der Waals surface area contributed by atoms with Crippen molar-refractivity contribution in [2.45, 2.75) is 24.7 Å². The van der Waals surface area contributed by atoms with Gasteiger partial charge in [0.2, 0.25) is 0 Å². The number of hydrogen-bond acceptors (Lipinski definition) is 5. The van der Waals surface area contributed by atoms with Gasteiger partial charge in [0.15, 0.2) is 5.84 Å². The Bertz CT molecular complexity index is 2710. The number of hydrogen-bond donors (Lipinski definition) is 1. The first-order chi connectivity index (χ1) is 24.0.